The second kappa shape index (κ2) is 3.40. The SMILES string of the molecule is O=Cc1ccsc1C1CCCC1. The average Bonchev–Trinajstić information content (AvgIpc) is 2.74. The van der Waals surface area contributed by atoms with Gasteiger partial charge in [0.1, 0.15) is 0 Å². The summed E-state index contributed by atoms with van der Waals surface area (Å²) in [6.45, 7) is 0. The molecule has 0 bridgehead atoms. The van der Waals surface area contributed by atoms with Crippen LogP contribution in [0.25, 0.3) is 0 Å². The van der Waals surface area contributed by atoms with E-state index < -0.39 is 0 Å². The molecule has 1 heterocycles. The van der Waals surface area contributed by atoms with Gasteiger partial charge in [-0.3, -0.25) is 4.79 Å². The van der Waals surface area contributed by atoms with E-state index in [4.69, 9.17) is 0 Å². The van der Waals surface area contributed by atoms with Gasteiger partial charge in [-0.05, 0) is 30.2 Å². The Morgan fingerprint density at radius 2 is 2.17 bits per heavy atom. The van der Waals surface area contributed by atoms with Crippen LogP contribution in [-0.2, 0) is 0 Å². The van der Waals surface area contributed by atoms with E-state index in [0.717, 1.165) is 11.8 Å². The van der Waals surface area contributed by atoms with E-state index >= 15 is 0 Å². The first kappa shape index (κ1) is 7.99. The monoisotopic (exact) mass is 180 g/mol. The van der Waals surface area contributed by atoms with Crippen LogP contribution in [0.15, 0.2) is 11.4 Å². The molecule has 0 aromatic carbocycles. The molecule has 64 valence electrons. The molecule has 1 fully saturated rings. The van der Waals surface area contributed by atoms with Crippen molar-refractivity contribution in [2.24, 2.45) is 0 Å². The Balaban J connectivity index is 2.25. The quantitative estimate of drug-likeness (QED) is 0.639. The number of carbonyl (C=O) groups is 1. The maximum absolute atomic E-state index is 10.7. The van der Waals surface area contributed by atoms with E-state index in [2.05, 4.69) is 0 Å². The molecule has 1 aliphatic carbocycles. The predicted molar refractivity (Wildman–Crippen MR) is 50.9 cm³/mol. The van der Waals surface area contributed by atoms with E-state index in [-0.39, 0.29) is 0 Å². The zero-order valence-electron chi connectivity index (χ0n) is 6.95. The molecular formula is C10H12OS. The zero-order chi connectivity index (χ0) is 8.39. The zero-order valence-corrected chi connectivity index (χ0v) is 7.77. The third-order valence-corrected chi connectivity index (χ3v) is 3.68. The Labute approximate surface area is 76.4 Å². The fourth-order valence-corrected chi connectivity index (χ4v) is 2.99. The van der Waals surface area contributed by atoms with Crippen LogP contribution in [0.2, 0.25) is 0 Å². The van der Waals surface area contributed by atoms with E-state index in [1.807, 2.05) is 11.4 Å². The highest BCUT2D eigenvalue weighted by Crippen LogP contribution is 2.37. The number of aldehydes is 1. The van der Waals surface area contributed by atoms with Gasteiger partial charge in [0.05, 0.1) is 0 Å². The molecule has 0 atom stereocenters. The molecule has 1 nitrogen and oxygen atoms in total. The first-order valence-electron chi connectivity index (χ1n) is 4.44. The second-order valence-corrected chi connectivity index (χ2v) is 4.29. The van der Waals surface area contributed by atoms with Crippen LogP contribution >= 0.6 is 11.3 Å². The molecule has 0 saturated heterocycles. The number of hydrogen-bond acceptors (Lipinski definition) is 2. The van der Waals surface area contributed by atoms with Crippen LogP contribution in [-0.4, -0.2) is 6.29 Å². The molecule has 0 unspecified atom stereocenters. The molecule has 0 amide bonds. The van der Waals surface area contributed by atoms with Gasteiger partial charge in [-0.15, -0.1) is 11.3 Å². The van der Waals surface area contributed by atoms with Crippen molar-refractivity contribution in [3.63, 3.8) is 0 Å². The minimum Gasteiger partial charge on any atom is -0.298 e. The third kappa shape index (κ3) is 1.31. The number of carbonyl (C=O) groups excluding carboxylic acids is 1. The van der Waals surface area contributed by atoms with Gasteiger partial charge in [-0.25, -0.2) is 0 Å². The van der Waals surface area contributed by atoms with Gasteiger partial charge in [0, 0.05) is 10.4 Å². The smallest absolute Gasteiger partial charge is 0.151 e. The van der Waals surface area contributed by atoms with Crippen molar-refractivity contribution in [3.8, 4) is 0 Å². The third-order valence-electron chi connectivity index (χ3n) is 2.58. The van der Waals surface area contributed by atoms with Crippen LogP contribution in [0.5, 0.6) is 0 Å². The molecule has 2 heteroatoms. The predicted octanol–water partition coefficient (Wildman–Crippen LogP) is 3.22. The summed E-state index contributed by atoms with van der Waals surface area (Å²) in [7, 11) is 0. The van der Waals surface area contributed by atoms with Crippen LogP contribution in [0.4, 0.5) is 0 Å². The summed E-state index contributed by atoms with van der Waals surface area (Å²) in [4.78, 5) is 12.0. The summed E-state index contributed by atoms with van der Waals surface area (Å²) < 4.78 is 0. The van der Waals surface area contributed by atoms with Crippen LogP contribution in [0.3, 0.4) is 0 Å². The highest BCUT2D eigenvalue weighted by molar-refractivity contribution is 7.10. The van der Waals surface area contributed by atoms with Gasteiger partial charge in [0.2, 0.25) is 0 Å². The summed E-state index contributed by atoms with van der Waals surface area (Å²) in [6, 6.07) is 1.94. The van der Waals surface area contributed by atoms with Gasteiger partial charge in [0.15, 0.2) is 6.29 Å². The van der Waals surface area contributed by atoms with Crippen molar-refractivity contribution < 1.29 is 4.79 Å². The highest BCUT2D eigenvalue weighted by Gasteiger charge is 2.20. The molecule has 1 saturated carbocycles. The fourth-order valence-electron chi connectivity index (χ4n) is 1.95. The van der Waals surface area contributed by atoms with Gasteiger partial charge >= 0.3 is 0 Å². The van der Waals surface area contributed by atoms with Crippen molar-refractivity contribution in [1.82, 2.24) is 0 Å². The lowest BCUT2D eigenvalue weighted by Crippen LogP contribution is -1.92. The van der Waals surface area contributed by atoms with Gasteiger partial charge in [-0.2, -0.15) is 0 Å². The number of rotatable bonds is 2. The van der Waals surface area contributed by atoms with E-state index in [1.54, 1.807) is 11.3 Å². The summed E-state index contributed by atoms with van der Waals surface area (Å²) in [6.07, 6.45) is 6.22. The lowest BCUT2D eigenvalue weighted by molar-refractivity contribution is 0.112. The van der Waals surface area contributed by atoms with Crippen molar-refractivity contribution in [2.75, 3.05) is 0 Å². The molecule has 1 aliphatic rings. The Hall–Kier alpha value is -0.630. The van der Waals surface area contributed by atoms with E-state index in [0.29, 0.717) is 5.92 Å². The van der Waals surface area contributed by atoms with Crippen molar-refractivity contribution in [3.05, 3.63) is 21.9 Å². The first-order valence-corrected chi connectivity index (χ1v) is 5.32. The Morgan fingerprint density at radius 3 is 2.83 bits per heavy atom. The Bertz CT molecular complexity index is 271. The summed E-state index contributed by atoms with van der Waals surface area (Å²) in [5.74, 6) is 0.685. The van der Waals surface area contributed by atoms with E-state index in [1.165, 1.54) is 30.6 Å². The van der Waals surface area contributed by atoms with E-state index in [9.17, 15) is 4.79 Å². The fraction of sp³-hybridized carbons (Fsp3) is 0.500. The molecule has 0 N–H and O–H groups in total. The molecule has 0 spiro atoms. The van der Waals surface area contributed by atoms with Crippen LogP contribution in [0, 0.1) is 0 Å². The largest absolute Gasteiger partial charge is 0.298 e. The van der Waals surface area contributed by atoms with Gasteiger partial charge in [0.25, 0.3) is 0 Å². The number of hydrogen-bond donors (Lipinski definition) is 0. The minimum atomic E-state index is 0.685. The normalized spacial score (nSPS) is 18.3. The lowest BCUT2D eigenvalue weighted by atomic mass is 10.0. The molecule has 12 heavy (non-hydrogen) atoms. The molecular weight excluding hydrogens is 168 g/mol. The molecule has 1 aromatic rings. The van der Waals surface area contributed by atoms with Crippen molar-refractivity contribution in [2.45, 2.75) is 31.6 Å². The van der Waals surface area contributed by atoms with Crippen molar-refractivity contribution in [1.29, 1.82) is 0 Å². The average molecular weight is 180 g/mol. The minimum absolute atomic E-state index is 0.685. The number of thiophene rings is 1. The molecule has 1 aromatic heterocycles. The maximum Gasteiger partial charge on any atom is 0.151 e. The summed E-state index contributed by atoms with van der Waals surface area (Å²) >= 11 is 1.74. The highest BCUT2D eigenvalue weighted by atomic mass is 32.1. The second-order valence-electron chi connectivity index (χ2n) is 3.34. The standard InChI is InChI=1S/C10H12OS/c11-7-9-5-6-12-10(9)8-3-1-2-4-8/h5-8H,1-4H2. The maximum atomic E-state index is 10.7. The summed E-state index contributed by atoms with van der Waals surface area (Å²) in [5.41, 5.74) is 0.923. The van der Waals surface area contributed by atoms with Gasteiger partial charge in [-0.1, -0.05) is 12.8 Å². The molecule has 0 aliphatic heterocycles. The van der Waals surface area contributed by atoms with Crippen LogP contribution in [0.1, 0.15) is 46.8 Å². The Kier molecular flexibility index (Phi) is 2.26. The summed E-state index contributed by atoms with van der Waals surface area (Å²) in [5, 5.41) is 2.03. The van der Waals surface area contributed by atoms with Crippen molar-refractivity contribution >= 4 is 17.6 Å². The molecule has 2 rings (SSSR count). The Morgan fingerprint density at radius 1 is 1.42 bits per heavy atom. The topological polar surface area (TPSA) is 17.1 Å². The van der Waals surface area contributed by atoms with Gasteiger partial charge < -0.3 is 0 Å². The lowest BCUT2D eigenvalue weighted by Gasteiger charge is -2.05. The van der Waals surface area contributed by atoms with Crippen LogP contribution < -0.4 is 0 Å². The first-order chi connectivity index (χ1) is 5.92. The molecule has 0 radical (unpaired) electrons.